The number of alkyl halides is 3. The summed E-state index contributed by atoms with van der Waals surface area (Å²) in [7, 11) is 1.54. The van der Waals surface area contributed by atoms with E-state index in [1.807, 2.05) is 0 Å². The van der Waals surface area contributed by atoms with E-state index < -0.39 is 11.9 Å². The minimum atomic E-state index is -4.40. The van der Waals surface area contributed by atoms with Crippen molar-refractivity contribution in [3.05, 3.63) is 30.4 Å². The molecule has 0 spiro atoms. The molecule has 0 radical (unpaired) electrons. The van der Waals surface area contributed by atoms with Crippen LogP contribution in [-0.2, 0) is 6.18 Å². The van der Waals surface area contributed by atoms with Crippen molar-refractivity contribution in [3.63, 3.8) is 0 Å². The number of rotatable bonds is 3. The molecule has 0 aromatic carbocycles. The molecule has 6 nitrogen and oxygen atoms in total. The Balaban J connectivity index is 1.65. The van der Waals surface area contributed by atoms with Gasteiger partial charge >= 0.3 is 6.18 Å². The summed E-state index contributed by atoms with van der Waals surface area (Å²) in [4.78, 5) is 10.2. The van der Waals surface area contributed by atoms with Crippen molar-refractivity contribution >= 4 is 5.82 Å². The summed E-state index contributed by atoms with van der Waals surface area (Å²) in [6, 6.07) is 2.73. The molecule has 0 atom stereocenters. The first kappa shape index (κ1) is 15.6. The lowest BCUT2D eigenvalue weighted by atomic mass is 10.1. The molecule has 2 aromatic heterocycles. The molecular weight excluding hydrogens is 311 g/mol. The smallest absolute Gasteiger partial charge is 0.435 e. The predicted molar refractivity (Wildman–Crippen MR) is 76.3 cm³/mol. The highest BCUT2D eigenvalue weighted by molar-refractivity contribution is 5.41. The molecule has 124 valence electrons. The molecule has 3 rings (SSSR count). The van der Waals surface area contributed by atoms with Crippen LogP contribution >= 0.6 is 0 Å². The maximum absolute atomic E-state index is 12.6. The summed E-state index contributed by atoms with van der Waals surface area (Å²) >= 11 is 0. The maximum atomic E-state index is 12.6. The molecule has 0 aliphatic carbocycles. The number of hydrogen-bond donors (Lipinski definition) is 0. The number of aromatic nitrogens is 4. The van der Waals surface area contributed by atoms with Crippen LogP contribution in [0.25, 0.3) is 0 Å². The van der Waals surface area contributed by atoms with Gasteiger partial charge in [-0.15, -0.1) is 0 Å². The third kappa shape index (κ3) is 3.38. The Kier molecular flexibility index (Phi) is 4.10. The van der Waals surface area contributed by atoms with Gasteiger partial charge in [0, 0.05) is 25.4 Å². The Hall–Kier alpha value is -2.32. The fourth-order valence-electron chi connectivity index (χ4n) is 2.67. The van der Waals surface area contributed by atoms with Crippen molar-refractivity contribution in [1.82, 2.24) is 19.7 Å². The van der Waals surface area contributed by atoms with Crippen molar-refractivity contribution in [2.45, 2.75) is 25.1 Å². The van der Waals surface area contributed by atoms with Crippen LogP contribution in [0.15, 0.2) is 24.7 Å². The first-order valence-corrected chi connectivity index (χ1v) is 7.20. The first-order chi connectivity index (χ1) is 11.0. The Bertz CT molecular complexity index is 664. The topological polar surface area (TPSA) is 56.1 Å². The fraction of sp³-hybridized carbons (Fsp3) is 0.500. The van der Waals surface area contributed by atoms with E-state index in [0.29, 0.717) is 31.8 Å². The lowest BCUT2D eigenvalue weighted by Crippen LogP contribution is -2.35. The largest absolute Gasteiger partial charge is 0.481 e. The third-order valence-corrected chi connectivity index (χ3v) is 3.90. The highest BCUT2D eigenvalue weighted by atomic mass is 19.4. The number of halogens is 3. The van der Waals surface area contributed by atoms with Crippen LogP contribution in [0.1, 0.15) is 24.6 Å². The fourth-order valence-corrected chi connectivity index (χ4v) is 2.67. The van der Waals surface area contributed by atoms with E-state index >= 15 is 0 Å². The van der Waals surface area contributed by atoms with Gasteiger partial charge in [-0.1, -0.05) is 0 Å². The Labute approximate surface area is 130 Å². The van der Waals surface area contributed by atoms with E-state index in [2.05, 4.69) is 20.0 Å². The van der Waals surface area contributed by atoms with Crippen molar-refractivity contribution in [3.8, 4) is 5.88 Å². The number of nitrogens with zero attached hydrogens (tertiary/aromatic N) is 5. The zero-order chi connectivity index (χ0) is 16.4. The Morgan fingerprint density at radius 2 is 1.96 bits per heavy atom. The van der Waals surface area contributed by atoms with E-state index in [9.17, 15) is 13.2 Å². The van der Waals surface area contributed by atoms with Gasteiger partial charge in [0.05, 0.1) is 13.2 Å². The summed E-state index contributed by atoms with van der Waals surface area (Å²) in [5.74, 6) is 1.24. The minimum Gasteiger partial charge on any atom is -0.481 e. The second-order valence-electron chi connectivity index (χ2n) is 5.32. The van der Waals surface area contributed by atoms with Crippen LogP contribution in [0.2, 0.25) is 0 Å². The number of hydrogen-bond acceptors (Lipinski definition) is 5. The van der Waals surface area contributed by atoms with Gasteiger partial charge in [-0.3, -0.25) is 4.68 Å². The Morgan fingerprint density at radius 1 is 1.22 bits per heavy atom. The molecule has 0 N–H and O–H groups in total. The molecule has 1 aliphatic rings. The highest BCUT2D eigenvalue weighted by Gasteiger charge is 2.34. The van der Waals surface area contributed by atoms with Crippen molar-refractivity contribution < 1.29 is 17.9 Å². The van der Waals surface area contributed by atoms with E-state index in [1.54, 1.807) is 6.07 Å². The summed E-state index contributed by atoms with van der Waals surface area (Å²) in [6.45, 7) is 1.37. The molecule has 23 heavy (non-hydrogen) atoms. The van der Waals surface area contributed by atoms with Crippen molar-refractivity contribution in [2.24, 2.45) is 0 Å². The van der Waals surface area contributed by atoms with Gasteiger partial charge in [-0.25, -0.2) is 9.97 Å². The highest BCUT2D eigenvalue weighted by Crippen LogP contribution is 2.30. The van der Waals surface area contributed by atoms with Gasteiger partial charge in [-0.2, -0.15) is 18.3 Å². The predicted octanol–water partition coefficient (Wildman–Crippen LogP) is 2.54. The van der Waals surface area contributed by atoms with Crippen molar-refractivity contribution in [2.75, 3.05) is 25.1 Å². The van der Waals surface area contributed by atoms with E-state index in [1.165, 1.54) is 24.3 Å². The second kappa shape index (κ2) is 6.05. The van der Waals surface area contributed by atoms with Crippen LogP contribution in [-0.4, -0.2) is 39.9 Å². The normalized spacial score (nSPS) is 16.6. The summed E-state index contributed by atoms with van der Waals surface area (Å²) in [5, 5.41) is 3.66. The van der Waals surface area contributed by atoms with Crippen LogP contribution in [0.4, 0.5) is 19.0 Å². The molecule has 0 unspecified atom stereocenters. The third-order valence-electron chi connectivity index (χ3n) is 3.90. The van der Waals surface area contributed by atoms with E-state index in [0.717, 1.165) is 11.9 Å². The lowest BCUT2D eigenvalue weighted by Gasteiger charge is -2.32. The van der Waals surface area contributed by atoms with Gasteiger partial charge in [0.1, 0.15) is 12.1 Å². The zero-order valence-corrected chi connectivity index (χ0v) is 12.5. The molecule has 1 fully saturated rings. The average Bonchev–Trinajstić information content (AvgIpc) is 3.05. The van der Waals surface area contributed by atoms with Gasteiger partial charge in [0.2, 0.25) is 5.88 Å². The maximum Gasteiger partial charge on any atom is 0.435 e. The monoisotopic (exact) mass is 327 g/mol. The Morgan fingerprint density at radius 3 is 2.57 bits per heavy atom. The molecule has 3 heterocycles. The van der Waals surface area contributed by atoms with Gasteiger partial charge in [-0.05, 0) is 18.9 Å². The standard InChI is InChI=1S/C14H16F3N5O/c1-23-13-8-12(18-9-19-13)21-5-2-10(3-6-21)22-7-4-11(20-22)14(15,16)17/h4,7-10H,2-3,5-6H2,1H3. The molecule has 0 bridgehead atoms. The molecule has 9 heteroatoms. The van der Waals surface area contributed by atoms with Gasteiger partial charge < -0.3 is 9.64 Å². The molecule has 1 aliphatic heterocycles. The van der Waals surface area contributed by atoms with Crippen LogP contribution in [0.3, 0.4) is 0 Å². The first-order valence-electron chi connectivity index (χ1n) is 7.20. The average molecular weight is 327 g/mol. The van der Waals surface area contributed by atoms with E-state index in [4.69, 9.17) is 4.74 Å². The van der Waals surface area contributed by atoms with Crippen molar-refractivity contribution in [1.29, 1.82) is 0 Å². The quantitative estimate of drug-likeness (QED) is 0.867. The van der Waals surface area contributed by atoms with Crippen LogP contribution in [0.5, 0.6) is 5.88 Å². The second-order valence-corrected chi connectivity index (χ2v) is 5.32. The molecule has 0 saturated carbocycles. The van der Waals surface area contributed by atoms with Crippen LogP contribution < -0.4 is 9.64 Å². The van der Waals surface area contributed by atoms with Gasteiger partial charge in [0.25, 0.3) is 0 Å². The lowest BCUT2D eigenvalue weighted by molar-refractivity contribution is -0.141. The van der Waals surface area contributed by atoms with Crippen LogP contribution in [0, 0.1) is 0 Å². The number of ether oxygens (including phenoxy) is 1. The summed E-state index contributed by atoms with van der Waals surface area (Å²) in [5.41, 5.74) is -0.847. The van der Waals surface area contributed by atoms with E-state index in [-0.39, 0.29) is 6.04 Å². The molecular formula is C14H16F3N5O. The zero-order valence-electron chi connectivity index (χ0n) is 12.5. The molecule has 1 saturated heterocycles. The summed E-state index contributed by atoms with van der Waals surface area (Å²) < 4.78 is 44.3. The number of anilines is 1. The number of piperidine rings is 1. The molecule has 2 aromatic rings. The molecule has 0 amide bonds. The SMILES string of the molecule is COc1cc(N2CCC(n3ccc(C(F)(F)F)n3)CC2)ncn1. The summed E-state index contributed by atoms with van der Waals surface area (Å²) in [6.07, 6.45) is -0.166. The van der Waals surface area contributed by atoms with Gasteiger partial charge in [0.15, 0.2) is 5.69 Å². The number of methoxy groups -OCH3 is 1. The minimum absolute atomic E-state index is 0.0360.